The molecule has 2 N–H and O–H groups in total. The van der Waals surface area contributed by atoms with Gasteiger partial charge in [0.05, 0.1) is 13.7 Å². The second-order valence-corrected chi connectivity index (χ2v) is 4.90. The third-order valence-corrected chi connectivity index (χ3v) is 3.51. The van der Waals surface area contributed by atoms with Crippen LogP contribution >= 0.6 is 15.9 Å². The van der Waals surface area contributed by atoms with Crippen molar-refractivity contribution >= 4 is 15.9 Å². The zero-order chi connectivity index (χ0) is 12.3. The molecule has 1 rings (SSSR count). The normalized spacial score (nSPS) is 10.9. The molecule has 0 amide bonds. The molecule has 0 spiro atoms. The Hall–Kier alpha value is -0.580. The number of hydrogen-bond acceptors (Lipinski definition) is 3. The molecule has 0 aromatic heterocycles. The van der Waals surface area contributed by atoms with E-state index >= 15 is 0 Å². The van der Waals surface area contributed by atoms with Crippen LogP contribution in [0.5, 0.6) is 5.75 Å². The van der Waals surface area contributed by atoms with Gasteiger partial charge in [0.2, 0.25) is 0 Å². The fraction of sp³-hybridized carbons (Fsp3) is 0.500. The quantitative estimate of drug-likeness (QED) is 0.865. The van der Waals surface area contributed by atoms with Crippen molar-refractivity contribution in [3.63, 3.8) is 0 Å². The first kappa shape index (κ1) is 13.5. The standard InChI is InChI=1S/C12H18BrNO2/c1-7(2)9-5-11(13)8(3)10(6-16-14)12(9)15-4/h5,7H,6,14H2,1-4H3. The molecule has 3 nitrogen and oxygen atoms in total. The van der Waals surface area contributed by atoms with Crippen LogP contribution in [-0.2, 0) is 11.4 Å². The zero-order valence-corrected chi connectivity index (χ0v) is 11.7. The Morgan fingerprint density at radius 1 is 1.44 bits per heavy atom. The van der Waals surface area contributed by atoms with Crippen molar-refractivity contribution in [3.8, 4) is 5.75 Å². The largest absolute Gasteiger partial charge is 0.496 e. The average Bonchev–Trinajstić information content (AvgIpc) is 2.24. The predicted octanol–water partition coefficient (Wildman–Crippen LogP) is 3.28. The summed E-state index contributed by atoms with van der Waals surface area (Å²) in [7, 11) is 1.68. The smallest absolute Gasteiger partial charge is 0.128 e. The minimum Gasteiger partial charge on any atom is -0.496 e. The van der Waals surface area contributed by atoms with Crippen LogP contribution in [0, 0.1) is 6.92 Å². The Bertz CT molecular complexity index is 378. The Morgan fingerprint density at radius 3 is 2.50 bits per heavy atom. The predicted molar refractivity (Wildman–Crippen MR) is 68.5 cm³/mol. The second kappa shape index (κ2) is 5.66. The Morgan fingerprint density at radius 2 is 2.06 bits per heavy atom. The summed E-state index contributed by atoms with van der Waals surface area (Å²) in [5.74, 6) is 6.43. The van der Waals surface area contributed by atoms with Gasteiger partial charge in [0.15, 0.2) is 0 Å². The lowest BCUT2D eigenvalue weighted by atomic mass is 9.96. The van der Waals surface area contributed by atoms with E-state index in [2.05, 4.69) is 35.8 Å². The maximum atomic E-state index is 5.47. The molecule has 16 heavy (non-hydrogen) atoms. The first-order valence-corrected chi connectivity index (χ1v) is 5.99. The highest BCUT2D eigenvalue weighted by molar-refractivity contribution is 9.10. The number of methoxy groups -OCH3 is 1. The summed E-state index contributed by atoms with van der Waals surface area (Å²) in [6.45, 7) is 6.64. The van der Waals surface area contributed by atoms with Gasteiger partial charge in [-0.15, -0.1) is 0 Å². The summed E-state index contributed by atoms with van der Waals surface area (Å²) in [6, 6.07) is 2.10. The highest BCUT2D eigenvalue weighted by Gasteiger charge is 2.17. The van der Waals surface area contributed by atoms with E-state index in [0.717, 1.165) is 26.9 Å². The third kappa shape index (κ3) is 2.56. The van der Waals surface area contributed by atoms with Crippen LogP contribution in [0.25, 0.3) is 0 Å². The molecular weight excluding hydrogens is 270 g/mol. The second-order valence-electron chi connectivity index (χ2n) is 4.05. The van der Waals surface area contributed by atoms with Crippen molar-refractivity contribution in [2.45, 2.75) is 33.3 Å². The van der Waals surface area contributed by atoms with Gasteiger partial charge in [0.25, 0.3) is 0 Å². The number of nitrogens with two attached hydrogens (primary N) is 1. The highest BCUT2D eigenvalue weighted by Crippen LogP contribution is 2.36. The lowest BCUT2D eigenvalue weighted by molar-refractivity contribution is 0.121. The molecule has 0 saturated heterocycles. The van der Waals surface area contributed by atoms with Gasteiger partial charge in [0, 0.05) is 10.0 Å². The number of rotatable bonds is 4. The van der Waals surface area contributed by atoms with E-state index in [9.17, 15) is 0 Å². The SMILES string of the molecule is COc1c(C(C)C)cc(Br)c(C)c1CON. The lowest BCUT2D eigenvalue weighted by Gasteiger charge is -2.19. The van der Waals surface area contributed by atoms with Gasteiger partial charge in [-0.25, -0.2) is 5.90 Å². The number of ether oxygens (including phenoxy) is 1. The zero-order valence-electron chi connectivity index (χ0n) is 10.1. The van der Waals surface area contributed by atoms with E-state index in [1.54, 1.807) is 7.11 Å². The minimum atomic E-state index is 0.355. The molecule has 0 radical (unpaired) electrons. The van der Waals surface area contributed by atoms with Gasteiger partial charge in [0.1, 0.15) is 5.75 Å². The van der Waals surface area contributed by atoms with Crippen LogP contribution in [0.15, 0.2) is 10.5 Å². The van der Waals surface area contributed by atoms with Gasteiger partial charge in [-0.05, 0) is 30.0 Å². The molecule has 0 aliphatic carbocycles. The summed E-state index contributed by atoms with van der Waals surface area (Å²) < 4.78 is 6.53. The van der Waals surface area contributed by atoms with Gasteiger partial charge in [-0.2, -0.15) is 0 Å². The number of benzene rings is 1. The van der Waals surface area contributed by atoms with Crippen molar-refractivity contribution in [1.82, 2.24) is 0 Å². The molecule has 0 aliphatic rings. The van der Waals surface area contributed by atoms with E-state index in [0.29, 0.717) is 12.5 Å². The molecule has 0 saturated carbocycles. The molecular formula is C12H18BrNO2. The monoisotopic (exact) mass is 287 g/mol. The molecule has 0 bridgehead atoms. The van der Waals surface area contributed by atoms with E-state index in [1.807, 2.05) is 6.92 Å². The van der Waals surface area contributed by atoms with E-state index in [4.69, 9.17) is 15.5 Å². The summed E-state index contributed by atoms with van der Waals surface area (Å²) in [5, 5.41) is 0. The fourth-order valence-corrected chi connectivity index (χ4v) is 2.21. The first-order valence-electron chi connectivity index (χ1n) is 5.20. The summed E-state index contributed by atoms with van der Waals surface area (Å²) in [4.78, 5) is 4.74. The van der Waals surface area contributed by atoms with Crippen LogP contribution in [-0.4, -0.2) is 7.11 Å². The molecule has 0 heterocycles. The van der Waals surface area contributed by atoms with Crippen LogP contribution < -0.4 is 10.6 Å². The molecule has 0 aliphatic heterocycles. The van der Waals surface area contributed by atoms with Crippen molar-refractivity contribution in [1.29, 1.82) is 0 Å². The van der Waals surface area contributed by atoms with Crippen molar-refractivity contribution in [2.75, 3.05) is 7.11 Å². The van der Waals surface area contributed by atoms with Gasteiger partial charge in [-0.1, -0.05) is 29.8 Å². The van der Waals surface area contributed by atoms with Gasteiger partial charge < -0.3 is 4.74 Å². The minimum absolute atomic E-state index is 0.355. The van der Waals surface area contributed by atoms with Crippen LogP contribution in [0.2, 0.25) is 0 Å². The lowest BCUT2D eigenvalue weighted by Crippen LogP contribution is -2.06. The van der Waals surface area contributed by atoms with E-state index in [-0.39, 0.29) is 0 Å². The van der Waals surface area contributed by atoms with Crippen LogP contribution in [0.1, 0.15) is 36.5 Å². The Labute approximate surface area is 105 Å². The molecule has 90 valence electrons. The third-order valence-electron chi connectivity index (χ3n) is 2.68. The van der Waals surface area contributed by atoms with Crippen molar-refractivity contribution in [2.24, 2.45) is 5.90 Å². The number of halogens is 1. The topological polar surface area (TPSA) is 44.5 Å². The highest BCUT2D eigenvalue weighted by atomic mass is 79.9. The van der Waals surface area contributed by atoms with Crippen LogP contribution in [0.3, 0.4) is 0 Å². The summed E-state index contributed by atoms with van der Waals surface area (Å²) in [5.41, 5.74) is 3.27. The Kier molecular flexibility index (Phi) is 4.77. The number of hydrogen-bond donors (Lipinski definition) is 1. The first-order chi connectivity index (χ1) is 7.52. The van der Waals surface area contributed by atoms with Gasteiger partial charge >= 0.3 is 0 Å². The molecule has 0 fully saturated rings. The van der Waals surface area contributed by atoms with Crippen molar-refractivity contribution in [3.05, 3.63) is 27.2 Å². The summed E-state index contributed by atoms with van der Waals surface area (Å²) >= 11 is 3.55. The van der Waals surface area contributed by atoms with E-state index < -0.39 is 0 Å². The average molecular weight is 288 g/mol. The maximum absolute atomic E-state index is 5.47. The molecule has 1 aromatic carbocycles. The van der Waals surface area contributed by atoms with Crippen molar-refractivity contribution < 1.29 is 9.57 Å². The Balaban J connectivity index is 3.42. The van der Waals surface area contributed by atoms with Crippen LogP contribution in [0.4, 0.5) is 0 Å². The maximum Gasteiger partial charge on any atom is 0.128 e. The molecule has 4 heteroatoms. The molecule has 0 atom stereocenters. The summed E-state index contributed by atoms with van der Waals surface area (Å²) in [6.07, 6.45) is 0. The van der Waals surface area contributed by atoms with Gasteiger partial charge in [-0.3, -0.25) is 4.84 Å². The molecule has 1 aromatic rings. The molecule has 0 unspecified atom stereocenters. The fourth-order valence-electron chi connectivity index (χ4n) is 1.73. The van der Waals surface area contributed by atoms with E-state index in [1.165, 1.54) is 0 Å².